The highest BCUT2D eigenvalue weighted by molar-refractivity contribution is 6.06. The maximum atomic E-state index is 12.6. The van der Waals surface area contributed by atoms with E-state index in [1.54, 1.807) is 11.0 Å². The van der Waals surface area contributed by atoms with Crippen molar-refractivity contribution in [1.82, 2.24) is 10.2 Å². The number of hydrogen-bond donors (Lipinski definition) is 2. The molecular weight excluding hydrogens is 282 g/mol. The number of rotatable bonds is 4. The molecule has 3 rings (SSSR count). The van der Waals surface area contributed by atoms with Gasteiger partial charge in [0.2, 0.25) is 11.8 Å². The predicted octanol–water partition coefficient (Wildman–Crippen LogP) is 1.27. The number of piperidine rings is 1. The smallest absolute Gasteiger partial charge is 0.255 e. The van der Waals surface area contributed by atoms with Gasteiger partial charge in [-0.2, -0.15) is 0 Å². The molecule has 116 valence electrons. The van der Waals surface area contributed by atoms with Crippen molar-refractivity contribution >= 4 is 23.4 Å². The summed E-state index contributed by atoms with van der Waals surface area (Å²) in [4.78, 5) is 37.4. The first-order valence-corrected chi connectivity index (χ1v) is 7.62. The molecule has 1 unspecified atom stereocenters. The highest BCUT2D eigenvalue weighted by Crippen LogP contribution is 2.32. The number of anilines is 1. The quantitative estimate of drug-likeness (QED) is 0.821. The largest absolute Gasteiger partial charge is 0.385 e. The third kappa shape index (κ3) is 2.45. The van der Waals surface area contributed by atoms with E-state index in [9.17, 15) is 14.4 Å². The van der Waals surface area contributed by atoms with Gasteiger partial charge in [-0.05, 0) is 25.0 Å². The second-order valence-electron chi connectivity index (χ2n) is 5.66. The van der Waals surface area contributed by atoms with Gasteiger partial charge in [0.15, 0.2) is 0 Å². The SMILES string of the molecule is CCCNc1cccc2c1CN(C1CCC(=O)NC1=O)C2=O. The number of amides is 3. The summed E-state index contributed by atoms with van der Waals surface area (Å²) in [7, 11) is 0. The van der Waals surface area contributed by atoms with Crippen LogP contribution in [0.25, 0.3) is 0 Å². The van der Waals surface area contributed by atoms with E-state index in [1.807, 2.05) is 12.1 Å². The second-order valence-corrected chi connectivity index (χ2v) is 5.66. The van der Waals surface area contributed by atoms with E-state index in [2.05, 4.69) is 17.6 Å². The van der Waals surface area contributed by atoms with E-state index in [-0.39, 0.29) is 24.1 Å². The molecule has 0 spiro atoms. The Bertz CT molecular complexity index is 642. The van der Waals surface area contributed by atoms with Crippen LogP contribution < -0.4 is 10.6 Å². The Kier molecular flexibility index (Phi) is 3.83. The molecule has 0 saturated carbocycles. The van der Waals surface area contributed by atoms with Crippen LogP contribution in [0.2, 0.25) is 0 Å². The highest BCUT2D eigenvalue weighted by atomic mass is 16.2. The third-order valence-corrected chi connectivity index (χ3v) is 4.15. The number of carbonyl (C=O) groups is 3. The average Bonchev–Trinajstić information content (AvgIpc) is 2.83. The molecule has 22 heavy (non-hydrogen) atoms. The molecular formula is C16H19N3O3. The van der Waals surface area contributed by atoms with Gasteiger partial charge in [0.05, 0.1) is 0 Å². The van der Waals surface area contributed by atoms with Crippen molar-refractivity contribution in [2.75, 3.05) is 11.9 Å². The van der Waals surface area contributed by atoms with E-state index < -0.39 is 6.04 Å². The van der Waals surface area contributed by atoms with Crippen LogP contribution in [0.4, 0.5) is 5.69 Å². The Morgan fingerprint density at radius 3 is 2.86 bits per heavy atom. The minimum atomic E-state index is -0.559. The molecule has 2 aliphatic heterocycles. The van der Waals surface area contributed by atoms with Crippen LogP contribution in [0.3, 0.4) is 0 Å². The van der Waals surface area contributed by atoms with Crippen LogP contribution in [0.15, 0.2) is 18.2 Å². The minimum absolute atomic E-state index is 0.135. The van der Waals surface area contributed by atoms with Gasteiger partial charge in [0.1, 0.15) is 6.04 Å². The Hall–Kier alpha value is -2.37. The van der Waals surface area contributed by atoms with Gasteiger partial charge >= 0.3 is 0 Å². The molecule has 1 aromatic rings. The summed E-state index contributed by atoms with van der Waals surface area (Å²) in [6.07, 6.45) is 1.66. The molecule has 6 heteroatoms. The van der Waals surface area contributed by atoms with Crippen molar-refractivity contribution < 1.29 is 14.4 Å². The second kappa shape index (κ2) is 5.79. The maximum absolute atomic E-state index is 12.6. The van der Waals surface area contributed by atoms with Crippen LogP contribution >= 0.6 is 0 Å². The Labute approximate surface area is 128 Å². The fourth-order valence-corrected chi connectivity index (χ4v) is 3.01. The lowest BCUT2D eigenvalue weighted by Gasteiger charge is -2.29. The average molecular weight is 301 g/mol. The molecule has 2 heterocycles. The van der Waals surface area contributed by atoms with Crippen LogP contribution in [-0.2, 0) is 16.1 Å². The minimum Gasteiger partial charge on any atom is -0.385 e. The molecule has 0 radical (unpaired) electrons. The number of nitrogens with one attached hydrogen (secondary N) is 2. The summed E-state index contributed by atoms with van der Waals surface area (Å²) in [5.41, 5.74) is 2.53. The summed E-state index contributed by atoms with van der Waals surface area (Å²) in [5, 5.41) is 5.64. The zero-order chi connectivity index (χ0) is 15.7. The Morgan fingerprint density at radius 1 is 1.32 bits per heavy atom. The molecule has 1 aromatic carbocycles. The first-order chi connectivity index (χ1) is 10.6. The van der Waals surface area contributed by atoms with Crippen LogP contribution in [0.1, 0.15) is 42.1 Å². The Morgan fingerprint density at radius 2 is 2.14 bits per heavy atom. The van der Waals surface area contributed by atoms with Gasteiger partial charge in [-0.25, -0.2) is 0 Å². The lowest BCUT2D eigenvalue weighted by Crippen LogP contribution is -2.52. The summed E-state index contributed by atoms with van der Waals surface area (Å²) < 4.78 is 0. The summed E-state index contributed by atoms with van der Waals surface area (Å²) in [6.45, 7) is 3.33. The predicted molar refractivity (Wildman–Crippen MR) is 81.3 cm³/mol. The fourth-order valence-electron chi connectivity index (χ4n) is 3.01. The van der Waals surface area contributed by atoms with Gasteiger partial charge in [-0.15, -0.1) is 0 Å². The number of carbonyl (C=O) groups excluding carboxylic acids is 3. The van der Waals surface area contributed by atoms with Gasteiger partial charge < -0.3 is 10.2 Å². The van der Waals surface area contributed by atoms with Crippen molar-refractivity contribution in [1.29, 1.82) is 0 Å². The normalized spacial score (nSPS) is 20.9. The molecule has 0 aliphatic carbocycles. The van der Waals surface area contributed by atoms with Crippen LogP contribution in [0.5, 0.6) is 0 Å². The monoisotopic (exact) mass is 301 g/mol. The molecule has 0 bridgehead atoms. The number of nitrogens with zero attached hydrogens (tertiary/aromatic N) is 1. The van der Waals surface area contributed by atoms with E-state index in [0.717, 1.165) is 24.2 Å². The number of hydrogen-bond acceptors (Lipinski definition) is 4. The zero-order valence-corrected chi connectivity index (χ0v) is 12.5. The topological polar surface area (TPSA) is 78.5 Å². The van der Waals surface area contributed by atoms with Crippen molar-refractivity contribution in [2.24, 2.45) is 0 Å². The lowest BCUT2D eigenvalue weighted by atomic mass is 10.0. The molecule has 3 amide bonds. The number of fused-ring (bicyclic) bond motifs is 1. The summed E-state index contributed by atoms with van der Waals surface area (Å²) in [6, 6.07) is 5.04. The summed E-state index contributed by atoms with van der Waals surface area (Å²) in [5.74, 6) is -0.777. The van der Waals surface area contributed by atoms with Crippen molar-refractivity contribution in [3.8, 4) is 0 Å². The lowest BCUT2D eigenvalue weighted by molar-refractivity contribution is -0.136. The number of benzene rings is 1. The molecule has 0 aromatic heterocycles. The third-order valence-electron chi connectivity index (χ3n) is 4.15. The van der Waals surface area contributed by atoms with Crippen LogP contribution in [-0.4, -0.2) is 35.2 Å². The van der Waals surface area contributed by atoms with Gasteiger partial charge in [0.25, 0.3) is 5.91 Å². The highest BCUT2D eigenvalue weighted by Gasteiger charge is 2.39. The molecule has 6 nitrogen and oxygen atoms in total. The van der Waals surface area contributed by atoms with Crippen molar-refractivity contribution in [3.05, 3.63) is 29.3 Å². The van der Waals surface area contributed by atoms with E-state index >= 15 is 0 Å². The van der Waals surface area contributed by atoms with Crippen molar-refractivity contribution in [3.63, 3.8) is 0 Å². The Balaban J connectivity index is 1.84. The van der Waals surface area contributed by atoms with E-state index in [4.69, 9.17) is 0 Å². The van der Waals surface area contributed by atoms with Gasteiger partial charge in [-0.3, -0.25) is 19.7 Å². The first kappa shape index (κ1) is 14.6. The zero-order valence-electron chi connectivity index (χ0n) is 12.5. The first-order valence-electron chi connectivity index (χ1n) is 7.62. The molecule has 2 N–H and O–H groups in total. The molecule has 2 aliphatic rings. The number of imide groups is 1. The van der Waals surface area contributed by atoms with E-state index in [1.165, 1.54) is 0 Å². The van der Waals surface area contributed by atoms with Gasteiger partial charge in [0, 0.05) is 36.3 Å². The molecule has 1 atom stereocenters. The fraction of sp³-hybridized carbons (Fsp3) is 0.438. The molecule has 1 saturated heterocycles. The molecule has 1 fully saturated rings. The van der Waals surface area contributed by atoms with E-state index in [0.29, 0.717) is 18.5 Å². The van der Waals surface area contributed by atoms with Gasteiger partial charge in [-0.1, -0.05) is 13.0 Å². The van der Waals surface area contributed by atoms with Crippen LogP contribution in [0, 0.1) is 0 Å². The standard InChI is InChI=1S/C16H19N3O3/c1-2-8-17-12-5-3-4-10-11(12)9-19(16(10)22)13-6-7-14(20)18-15(13)21/h3-5,13,17H,2,6-9H2,1H3,(H,18,20,21). The maximum Gasteiger partial charge on any atom is 0.255 e. The van der Waals surface area contributed by atoms with Crippen molar-refractivity contribution in [2.45, 2.75) is 38.8 Å². The summed E-state index contributed by atoms with van der Waals surface area (Å²) >= 11 is 0.